The van der Waals surface area contributed by atoms with Gasteiger partial charge in [0.2, 0.25) is 11.8 Å². The van der Waals surface area contributed by atoms with E-state index in [1.165, 1.54) is 0 Å². The van der Waals surface area contributed by atoms with Crippen LogP contribution < -0.4 is 5.32 Å². The van der Waals surface area contributed by atoms with Crippen LogP contribution in [-0.4, -0.2) is 45.5 Å². The summed E-state index contributed by atoms with van der Waals surface area (Å²) < 4.78 is 0. The van der Waals surface area contributed by atoms with E-state index >= 15 is 0 Å². The Bertz CT molecular complexity index is 917. The normalized spacial score (nSPS) is 20.0. The lowest BCUT2D eigenvalue weighted by Gasteiger charge is -2.28. The smallest absolute Gasteiger partial charge is 0.223 e. The van der Waals surface area contributed by atoms with Gasteiger partial charge in [-0.2, -0.15) is 0 Å². The second-order valence-corrected chi connectivity index (χ2v) is 10.6. The number of carbonyl (C=O) groups excluding carboxylic acids is 2. The molecule has 3 atom stereocenters. The minimum Gasteiger partial charge on any atom is -0.391 e. The van der Waals surface area contributed by atoms with Crippen molar-refractivity contribution in [3.8, 4) is 10.4 Å². The zero-order chi connectivity index (χ0) is 22.8. The van der Waals surface area contributed by atoms with Crippen LogP contribution in [0, 0.1) is 12.3 Å². The molecule has 1 unspecified atom stereocenters. The fraction of sp³-hybridized carbons (Fsp3) is 0.542. The quantitative estimate of drug-likeness (QED) is 0.705. The van der Waals surface area contributed by atoms with Crippen LogP contribution in [0.15, 0.2) is 29.8 Å². The third-order valence-corrected chi connectivity index (χ3v) is 6.59. The Morgan fingerprint density at radius 3 is 2.55 bits per heavy atom. The summed E-state index contributed by atoms with van der Waals surface area (Å²) in [5, 5.41) is 13.1. The summed E-state index contributed by atoms with van der Waals surface area (Å²) in [6.45, 7) is 10.3. The first-order chi connectivity index (χ1) is 14.5. The largest absolute Gasteiger partial charge is 0.391 e. The molecule has 6 nitrogen and oxygen atoms in total. The predicted octanol–water partition coefficient (Wildman–Crippen LogP) is 4.08. The van der Waals surface area contributed by atoms with Crippen molar-refractivity contribution >= 4 is 23.2 Å². The van der Waals surface area contributed by atoms with E-state index in [-0.39, 0.29) is 35.7 Å². The molecule has 1 aliphatic rings. The van der Waals surface area contributed by atoms with Crippen LogP contribution in [0.4, 0.5) is 0 Å². The summed E-state index contributed by atoms with van der Waals surface area (Å²) in [6, 6.07) is 7.76. The van der Waals surface area contributed by atoms with E-state index in [1.807, 2.05) is 52.3 Å². The minimum absolute atomic E-state index is 0.00356. The van der Waals surface area contributed by atoms with E-state index in [2.05, 4.69) is 22.4 Å². The van der Waals surface area contributed by atoms with Crippen LogP contribution in [0.25, 0.3) is 10.4 Å². The maximum Gasteiger partial charge on any atom is 0.223 e. The Morgan fingerprint density at radius 2 is 1.97 bits per heavy atom. The van der Waals surface area contributed by atoms with Crippen molar-refractivity contribution in [2.24, 2.45) is 5.41 Å². The number of aryl methyl sites for hydroxylation is 1. The lowest BCUT2D eigenvalue weighted by atomic mass is 9.91. The third-order valence-electron chi connectivity index (χ3n) is 5.61. The third kappa shape index (κ3) is 6.14. The summed E-state index contributed by atoms with van der Waals surface area (Å²) in [5.74, 6) is -0.105. The van der Waals surface area contributed by atoms with Crippen LogP contribution in [-0.2, 0) is 9.59 Å². The number of amides is 2. The van der Waals surface area contributed by atoms with Gasteiger partial charge in [-0.25, -0.2) is 4.98 Å². The minimum atomic E-state index is -0.568. The van der Waals surface area contributed by atoms with Gasteiger partial charge in [0.15, 0.2) is 0 Å². The number of hydrogen-bond donors (Lipinski definition) is 2. The number of likely N-dealkylation sites (tertiary alicyclic amines) is 1. The van der Waals surface area contributed by atoms with Crippen LogP contribution in [0.5, 0.6) is 0 Å². The maximum atomic E-state index is 12.7. The van der Waals surface area contributed by atoms with Gasteiger partial charge in [-0.05, 0) is 36.8 Å². The number of hydrogen-bond acceptors (Lipinski definition) is 5. The first-order valence-corrected chi connectivity index (χ1v) is 11.7. The first kappa shape index (κ1) is 23.4. The van der Waals surface area contributed by atoms with E-state index in [4.69, 9.17) is 0 Å². The number of benzene rings is 1. The molecule has 1 saturated heterocycles. The van der Waals surface area contributed by atoms with Gasteiger partial charge in [0.05, 0.1) is 28.2 Å². The predicted molar refractivity (Wildman–Crippen MR) is 124 cm³/mol. The van der Waals surface area contributed by atoms with Crippen molar-refractivity contribution in [2.45, 2.75) is 72.1 Å². The molecule has 0 spiro atoms. The molecule has 1 fully saturated rings. The Balaban J connectivity index is 1.59. The highest BCUT2D eigenvalue weighted by atomic mass is 32.1. The fourth-order valence-corrected chi connectivity index (χ4v) is 4.86. The molecule has 2 N–H and O–H groups in total. The Morgan fingerprint density at radius 1 is 1.29 bits per heavy atom. The Labute approximate surface area is 188 Å². The second-order valence-electron chi connectivity index (χ2n) is 9.71. The van der Waals surface area contributed by atoms with Gasteiger partial charge in [0.25, 0.3) is 0 Å². The second kappa shape index (κ2) is 9.49. The highest BCUT2D eigenvalue weighted by molar-refractivity contribution is 7.13. The standard InChI is InChI=1S/C24H33N3O3S/c1-15(17-6-8-18(9-7-17)23-16(2)25-14-31-23)26-21(29)11-19-10-20(28)13-27(19)22(30)12-24(3,4)5/h6-9,14-15,19-20,28H,10-13H2,1-5H3,(H,26,29)/t15-,19?,20+/m0/s1. The van der Waals surface area contributed by atoms with E-state index in [0.717, 1.165) is 21.7 Å². The average Bonchev–Trinajstić information content (AvgIpc) is 3.25. The van der Waals surface area contributed by atoms with E-state index in [1.54, 1.807) is 16.2 Å². The van der Waals surface area contributed by atoms with Gasteiger partial charge in [0, 0.05) is 25.4 Å². The number of carbonyl (C=O) groups is 2. The zero-order valence-electron chi connectivity index (χ0n) is 19.0. The van der Waals surface area contributed by atoms with Crippen LogP contribution in [0.2, 0.25) is 0 Å². The fourth-order valence-electron chi connectivity index (χ4n) is 4.05. The topological polar surface area (TPSA) is 82.5 Å². The summed E-state index contributed by atoms with van der Waals surface area (Å²) in [4.78, 5) is 32.5. The molecule has 168 valence electrons. The number of aliphatic hydroxyl groups excluding tert-OH is 1. The number of nitrogens with zero attached hydrogens (tertiary/aromatic N) is 2. The molecule has 1 aromatic carbocycles. The van der Waals surface area contributed by atoms with Crippen molar-refractivity contribution in [3.05, 3.63) is 41.0 Å². The number of aliphatic hydroxyl groups is 1. The molecule has 7 heteroatoms. The molecule has 0 aliphatic carbocycles. The van der Waals surface area contributed by atoms with E-state index in [0.29, 0.717) is 19.4 Å². The van der Waals surface area contributed by atoms with Crippen molar-refractivity contribution in [1.29, 1.82) is 0 Å². The first-order valence-electron chi connectivity index (χ1n) is 10.8. The van der Waals surface area contributed by atoms with Gasteiger partial charge < -0.3 is 15.3 Å². The Hall–Kier alpha value is -2.25. The maximum absolute atomic E-state index is 12.7. The molecule has 0 saturated carbocycles. The van der Waals surface area contributed by atoms with Gasteiger partial charge in [-0.1, -0.05) is 45.0 Å². The number of β-amino-alcohol motifs (C(OH)–C–C–N with tert-alkyl or cyclic N) is 1. The Kier molecular flexibility index (Phi) is 7.17. The van der Waals surface area contributed by atoms with E-state index < -0.39 is 6.10 Å². The van der Waals surface area contributed by atoms with Gasteiger partial charge in [0.1, 0.15) is 0 Å². The van der Waals surface area contributed by atoms with Crippen molar-refractivity contribution in [3.63, 3.8) is 0 Å². The zero-order valence-corrected chi connectivity index (χ0v) is 19.8. The molecule has 31 heavy (non-hydrogen) atoms. The molecule has 1 aliphatic heterocycles. The SMILES string of the molecule is Cc1ncsc1-c1ccc([C@H](C)NC(=O)CC2C[C@@H](O)CN2C(=O)CC(C)(C)C)cc1. The summed E-state index contributed by atoms with van der Waals surface area (Å²) >= 11 is 1.62. The van der Waals surface area contributed by atoms with Crippen LogP contribution >= 0.6 is 11.3 Å². The number of nitrogens with one attached hydrogen (secondary N) is 1. The molecule has 2 amide bonds. The molecule has 0 bridgehead atoms. The highest BCUT2D eigenvalue weighted by Gasteiger charge is 2.36. The number of thiazole rings is 1. The lowest BCUT2D eigenvalue weighted by molar-refractivity contribution is -0.135. The van der Waals surface area contributed by atoms with Crippen LogP contribution in [0.3, 0.4) is 0 Å². The van der Waals surface area contributed by atoms with E-state index in [9.17, 15) is 14.7 Å². The number of aromatic nitrogens is 1. The summed E-state index contributed by atoms with van der Waals surface area (Å²) in [6.07, 6.45) is 0.484. The molecule has 1 aromatic heterocycles. The van der Waals surface area contributed by atoms with Crippen molar-refractivity contribution in [2.75, 3.05) is 6.54 Å². The summed E-state index contributed by atoms with van der Waals surface area (Å²) in [7, 11) is 0. The monoisotopic (exact) mass is 443 g/mol. The molecule has 3 rings (SSSR count). The van der Waals surface area contributed by atoms with Gasteiger partial charge in [-0.3, -0.25) is 9.59 Å². The van der Waals surface area contributed by atoms with Crippen molar-refractivity contribution < 1.29 is 14.7 Å². The summed E-state index contributed by atoms with van der Waals surface area (Å²) in [5.41, 5.74) is 4.87. The highest BCUT2D eigenvalue weighted by Crippen LogP contribution is 2.29. The molecule has 2 aromatic rings. The van der Waals surface area contributed by atoms with Crippen LogP contribution in [0.1, 0.15) is 64.3 Å². The molecular weight excluding hydrogens is 410 g/mol. The van der Waals surface area contributed by atoms with Crippen molar-refractivity contribution in [1.82, 2.24) is 15.2 Å². The molecular formula is C24H33N3O3S. The molecule has 2 heterocycles. The number of rotatable bonds is 6. The van der Waals surface area contributed by atoms with Gasteiger partial charge in [-0.15, -0.1) is 11.3 Å². The van der Waals surface area contributed by atoms with Gasteiger partial charge >= 0.3 is 0 Å². The lowest BCUT2D eigenvalue weighted by Crippen LogP contribution is -2.41. The molecule has 0 radical (unpaired) electrons. The average molecular weight is 444 g/mol.